The van der Waals surface area contributed by atoms with Gasteiger partial charge in [-0.25, -0.2) is 4.79 Å². The molecular weight excluding hydrogens is 494 g/mol. The summed E-state index contributed by atoms with van der Waals surface area (Å²) in [7, 11) is 0. The lowest BCUT2D eigenvalue weighted by Gasteiger charge is -2.52. The Hall–Kier alpha value is -4.09. The number of hydrogen-bond acceptors (Lipinski definition) is 5. The molecule has 1 amide bonds. The number of H-pyrrole nitrogens is 1. The van der Waals surface area contributed by atoms with Gasteiger partial charge in [0.2, 0.25) is 5.91 Å². The number of aliphatic hydroxyl groups is 1. The van der Waals surface area contributed by atoms with Gasteiger partial charge in [-0.3, -0.25) is 19.1 Å². The van der Waals surface area contributed by atoms with Crippen molar-refractivity contribution < 1.29 is 15.0 Å². The molecule has 2 aliphatic rings. The number of phenolic OH excluding ortho intramolecular Hbond substituents is 1. The first-order valence-electron chi connectivity index (χ1n) is 13.3. The molecule has 39 heavy (non-hydrogen) atoms. The van der Waals surface area contributed by atoms with Crippen LogP contribution >= 0.6 is 0 Å². The number of aryl methyl sites for hydroxylation is 2. The first-order valence-corrected chi connectivity index (χ1v) is 13.3. The monoisotopic (exact) mass is 527 g/mol. The molecule has 2 aromatic carbocycles. The number of nitrogens with one attached hydrogen (secondary N) is 2. The van der Waals surface area contributed by atoms with Gasteiger partial charge in [0.15, 0.2) is 0 Å². The Balaban J connectivity index is 1.36. The van der Waals surface area contributed by atoms with E-state index in [0.29, 0.717) is 24.1 Å². The number of rotatable bonds is 5. The molecule has 0 unspecified atom stereocenters. The highest BCUT2D eigenvalue weighted by Crippen LogP contribution is 2.54. The Kier molecular flexibility index (Phi) is 6.96. The summed E-state index contributed by atoms with van der Waals surface area (Å²) < 4.78 is 1.17. The second-order valence-corrected chi connectivity index (χ2v) is 11.0. The van der Waals surface area contributed by atoms with Crippen LogP contribution < -0.4 is 16.6 Å². The molecule has 2 aliphatic carbocycles. The van der Waals surface area contributed by atoms with Crippen molar-refractivity contribution in [3.63, 3.8) is 0 Å². The molecule has 0 saturated heterocycles. The number of fused-ring (bicyclic) bond motifs is 3. The molecule has 202 valence electrons. The number of carbonyl (C=O) groups is 1. The summed E-state index contributed by atoms with van der Waals surface area (Å²) in [6.45, 7) is 3.13. The predicted molar refractivity (Wildman–Crippen MR) is 149 cm³/mol. The summed E-state index contributed by atoms with van der Waals surface area (Å²) in [4.78, 5) is 38.4. The number of amides is 1. The van der Waals surface area contributed by atoms with E-state index in [1.807, 2.05) is 36.4 Å². The molecule has 5 rings (SSSR count). The first kappa shape index (κ1) is 26.5. The summed E-state index contributed by atoms with van der Waals surface area (Å²) in [6, 6.07) is 13.4. The van der Waals surface area contributed by atoms with E-state index in [0.717, 1.165) is 36.8 Å². The molecule has 1 heterocycles. The number of benzene rings is 2. The maximum Gasteiger partial charge on any atom is 0.328 e. The van der Waals surface area contributed by atoms with Crippen LogP contribution in [-0.2, 0) is 29.6 Å². The van der Waals surface area contributed by atoms with Crippen LogP contribution in [-0.4, -0.2) is 31.3 Å². The largest absolute Gasteiger partial charge is 0.508 e. The summed E-state index contributed by atoms with van der Waals surface area (Å²) in [5, 5.41) is 24.1. The maximum atomic E-state index is 12.6. The second-order valence-electron chi connectivity index (χ2n) is 11.0. The molecule has 1 fully saturated rings. The van der Waals surface area contributed by atoms with Gasteiger partial charge in [0.25, 0.3) is 5.56 Å². The smallest absolute Gasteiger partial charge is 0.328 e. The predicted octanol–water partition coefficient (Wildman–Crippen LogP) is 3.17. The van der Waals surface area contributed by atoms with E-state index in [1.54, 1.807) is 19.9 Å². The Morgan fingerprint density at radius 3 is 2.69 bits per heavy atom. The third-order valence-corrected chi connectivity index (χ3v) is 8.36. The lowest BCUT2D eigenvalue weighted by molar-refractivity contribution is -0.116. The molecule has 1 aromatic heterocycles. The fraction of sp³-hybridized carbons (Fsp3) is 0.387. The standard InChI is InChI=1S/C31H33N3O5/c1-3-12-30(39)13-14-31(23(17-30)7-6-22-15-25(35)10-11-26(22)31)16-21-4-8-24(9-5-21)32-27(36)19-34-18-20(2)28(37)33-29(34)38/h4-5,8-11,15,18,23,35,39H,6-7,13-14,16-17,19H2,1-2H3,(H,32,36)(H,33,37,38)/t23-,30+,31+/m0/s1. The SMILES string of the molecule is CC#C[C@@]1(O)CC[C@]2(Cc3ccc(NC(=O)Cn4cc(C)c(=O)[nH]c4=O)cc3)c3ccc(O)cc3CC[C@H]2C1. The van der Waals surface area contributed by atoms with E-state index in [4.69, 9.17) is 0 Å². The van der Waals surface area contributed by atoms with Crippen molar-refractivity contribution in [1.29, 1.82) is 0 Å². The van der Waals surface area contributed by atoms with E-state index in [-0.39, 0.29) is 29.5 Å². The number of nitrogens with zero attached hydrogens (tertiary/aromatic N) is 1. The lowest BCUT2D eigenvalue weighted by Crippen LogP contribution is -2.50. The van der Waals surface area contributed by atoms with Gasteiger partial charge in [0.1, 0.15) is 17.9 Å². The van der Waals surface area contributed by atoms with Gasteiger partial charge in [0.05, 0.1) is 0 Å². The average Bonchev–Trinajstić information content (AvgIpc) is 2.89. The van der Waals surface area contributed by atoms with Gasteiger partial charge in [-0.1, -0.05) is 24.1 Å². The van der Waals surface area contributed by atoms with E-state index in [2.05, 4.69) is 22.1 Å². The van der Waals surface area contributed by atoms with Crippen LogP contribution in [0.4, 0.5) is 5.69 Å². The number of aromatic hydroxyl groups is 1. The average molecular weight is 528 g/mol. The van der Waals surface area contributed by atoms with Crippen molar-refractivity contribution in [2.45, 2.75) is 69.9 Å². The van der Waals surface area contributed by atoms with Crippen LogP contribution in [0, 0.1) is 24.7 Å². The van der Waals surface area contributed by atoms with Gasteiger partial charge < -0.3 is 15.5 Å². The molecule has 0 bridgehead atoms. The van der Waals surface area contributed by atoms with Gasteiger partial charge in [0, 0.05) is 22.9 Å². The zero-order valence-corrected chi connectivity index (χ0v) is 22.2. The first-order chi connectivity index (χ1) is 18.6. The molecule has 0 spiro atoms. The zero-order chi connectivity index (χ0) is 27.8. The lowest BCUT2D eigenvalue weighted by atomic mass is 9.52. The van der Waals surface area contributed by atoms with Crippen molar-refractivity contribution in [3.05, 3.63) is 91.8 Å². The minimum atomic E-state index is -0.974. The van der Waals surface area contributed by atoms with Gasteiger partial charge in [-0.05, 0) is 99.2 Å². The molecule has 0 aliphatic heterocycles. The highest BCUT2D eigenvalue weighted by atomic mass is 16.3. The summed E-state index contributed by atoms with van der Waals surface area (Å²) in [5.41, 5.74) is 2.22. The van der Waals surface area contributed by atoms with Crippen molar-refractivity contribution in [3.8, 4) is 17.6 Å². The molecule has 0 radical (unpaired) electrons. The number of anilines is 1. The van der Waals surface area contributed by atoms with Crippen molar-refractivity contribution >= 4 is 11.6 Å². The highest BCUT2D eigenvalue weighted by Gasteiger charge is 2.51. The maximum absolute atomic E-state index is 12.6. The summed E-state index contributed by atoms with van der Waals surface area (Å²) in [5.74, 6) is 6.09. The normalized spacial score (nSPS) is 23.6. The minimum absolute atomic E-state index is 0.184. The Bertz CT molecular complexity index is 1590. The van der Waals surface area contributed by atoms with Crippen molar-refractivity contribution in [2.24, 2.45) is 5.92 Å². The van der Waals surface area contributed by atoms with Crippen molar-refractivity contribution in [1.82, 2.24) is 9.55 Å². The van der Waals surface area contributed by atoms with Crippen LogP contribution in [0.15, 0.2) is 58.3 Å². The fourth-order valence-electron chi connectivity index (χ4n) is 6.51. The number of carbonyl (C=O) groups excluding carboxylic acids is 1. The van der Waals surface area contributed by atoms with Crippen LogP contribution in [0.1, 0.15) is 54.9 Å². The topological polar surface area (TPSA) is 124 Å². The number of phenols is 1. The molecule has 3 atom stereocenters. The molecule has 8 nitrogen and oxygen atoms in total. The van der Waals surface area contributed by atoms with E-state index < -0.39 is 16.9 Å². The van der Waals surface area contributed by atoms with E-state index >= 15 is 0 Å². The molecular formula is C31H33N3O5. The third kappa shape index (κ3) is 5.27. The second kappa shape index (κ2) is 10.2. The third-order valence-electron chi connectivity index (χ3n) is 8.36. The van der Waals surface area contributed by atoms with E-state index in [1.165, 1.54) is 16.3 Å². The van der Waals surface area contributed by atoms with E-state index in [9.17, 15) is 24.6 Å². The van der Waals surface area contributed by atoms with Crippen LogP contribution in [0.5, 0.6) is 5.75 Å². The Labute approximate surface area is 226 Å². The summed E-state index contributed by atoms with van der Waals surface area (Å²) in [6.07, 6.45) is 5.90. The van der Waals surface area contributed by atoms with Gasteiger partial charge in [-0.2, -0.15) is 0 Å². The number of aromatic nitrogens is 2. The molecule has 4 N–H and O–H groups in total. The molecule has 3 aromatic rings. The molecule has 1 saturated carbocycles. The highest BCUT2D eigenvalue weighted by molar-refractivity contribution is 5.90. The van der Waals surface area contributed by atoms with Crippen LogP contribution in [0.25, 0.3) is 0 Å². The van der Waals surface area contributed by atoms with Crippen molar-refractivity contribution in [2.75, 3.05) is 5.32 Å². The Morgan fingerprint density at radius 1 is 1.18 bits per heavy atom. The number of hydrogen-bond donors (Lipinski definition) is 4. The zero-order valence-electron chi connectivity index (χ0n) is 22.2. The summed E-state index contributed by atoms with van der Waals surface area (Å²) >= 11 is 0. The fourth-order valence-corrected chi connectivity index (χ4v) is 6.51. The minimum Gasteiger partial charge on any atom is -0.508 e. The van der Waals surface area contributed by atoms with Gasteiger partial charge >= 0.3 is 5.69 Å². The Morgan fingerprint density at radius 2 is 1.95 bits per heavy atom. The molecule has 8 heteroatoms. The number of aromatic amines is 1. The van der Waals surface area contributed by atoms with Gasteiger partial charge in [-0.15, -0.1) is 5.92 Å². The quantitative estimate of drug-likeness (QED) is 0.380. The van der Waals surface area contributed by atoms with Crippen LogP contribution in [0.3, 0.4) is 0 Å². The van der Waals surface area contributed by atoms with Crippen LogP contribution in [0.2, 0.25) is 0 Å².